The molecule has 0 aliphatic heterocycles. The van der Waals surface area contributed by atoms with Gasteiger partial charge in [-0.3, -0.25) is 0 Å². The third kappa shape index (κ3) is 2.90. The normalized spacial score (nSPS) is 12.6. The van der Waals surface area contributed by atoms with E-state index in [1.807, 2.05) is 25.1 Å². The third-order valence-electron chi connectivity index (χ3n) is 3.00. The van der Waals surface area contributed by atoms with Gasteiger partial charge in [-0.15, -0.1) is 5.10 Å². The first kappa shape index (κ1) is 13.5. The highest BCUT2D eigenvalue weighted by molar-refractivity contribution is 5.74. The first-order valence-electron chi connectivity index (χ1n) is 6.24. The highest BCUT2D eigenvalue weighted by Gasteiger charge is 2.15. The van der Waals surface area contributed by atoms with E-state index in [1.165, 1.54) is 0 Å². The van der Waals surface area contributed by atoms with Crippen LogP contribution < -0.4 is 5.73 Å². The highest BCUT2D eigenvalue weighted by atomic mass is 16.5. The molecule has 0 saturated carbocycles. The minimum atomic E-state index is 0.331. The molecule has 2 aromatic rings. The molecular formula is C13H19N5O. The fourth-order valence-corrected chi connectivity index (χ4v) is 2.14. The molecule has 0 aliphatic carbocycles. The summed E-state index contributed by atoms with van der Waals surface area (Å²) in [6.07, 6.45) is 0. The van der Waals surface area contributed by atoms with Crippen molar-refractivity contribution in [3.63, 3.8) is 0 Å². The Kier molecular flexibility index (Phi) is 4.11. The first-order valence-corrected chi connectivity index (χ1v) is 6.24. The number of methoxy groups -OCH3 is 1. The van der Waals surface area contributed by atoms with Crippen LogP contribution in [0.2, 0.25) is 0 Å². The van der Waals surface area contributed by atoms with Gasteiger partial charge in [0.15, 0.2) is 5.82 Å². The van der Waals surface area contributed by atoms with Crippen molar-refractivity contribution >= 4 is 5.69 Å². The molecule has 0 fully saturated rings. The van der Waals surface area contributed by atoms with Crippen molar-refractivity contribution in [3.05, 3.63) is 23.8 Å². The number of rotatable bonds is 5. The highest BCUT2D eigenvalue weighted by Crippen LogP contribution is 2.27. The van der Waals surface area contributed by atoms with Crippen molar-refractivity contribution in [1.82, 2.24) is 20.2 Å². The number of nitrogens with zero attached hydrogens (tertiary/aromatic N) is 4. The van der Waals surface area contributed by atoms with Crippen LogP contribution in [0.5, 0.6) is 0 Å². The van der Waals surface area contributed by atoms with Crippen molar-refractivity contribution in [2.75, 3.05) is 19.5 Å². The van der Waals surface area contributed by atoms with E-state index in [0.29, 0.717) is 30.6 Å². The number of tetrazole rings is 1. The molecule has 6 heteroatoms. The van der Waals surface area contributed by atoms with Gasteiger partial charge in [0.05, 0.1) is 6.61 Å². The smallest absolute Gasteiger partial charge is 0.184 e. The molecule has 0 saturated heterocycles. The molecule has 0 aliphatic rings. The molecule has 1 aromatic heterocycles. The maximum atomic E-state index is 6.04. The summed E-state index contributed by atoms with van der Waals surface area (Å²) in [6, 6.07) is 5.79. The Labute approximate surface area is 112 Å². The first-order chi connectivity index (χ1) is 9.13. The molecule has 1 unspecified atom stereocenters. The van der Waals surface area contributed by atoms with Crippen molar-refractivity contribution in [1.29, 1.82) is 0 Å². The summed E-state index contributed by atoms with van der Waals surface area (Å²) < 4.78 is 6.92. The molecule has 19 heavy (non-hydrogen) atoms. The van der Waals surface area contributed by atoms with Gasteiger partial charge < -0.3 is 10.5 Å². The van der Waals surface area contributed by atoms with Gasteiger partial charge in [0.1, 0.15) is 0 Å². The van der Waals surface area contributed by atoms with Crippen LogP contribution >= 0.6 is 0 Å². The Morgan fingerprint density at radius 2 is 2.21 bits per heavy atom. The van der Waals surface area contributed by atoms with Crippen LogP contribution in [0.1, 0.15) is 12.5 Å². The number of hydrogen-bond donors (Lipinski definition) is 1. The van der Waals surface area contributed by atoms with Gasteiger partial charge in [0.2, 0.25) is 0 Å². The van der Waals surface area contributed by atoms with E-state index in [-0.39, 0.29) is 0 Å². The number of nitrogen functional groups attached to an aromatic ring is 1. The number of anilines is 1. The Morgan fingerprint density at radius 3 is 2.89 bits per heavy atom. The Bertz CT molecular complexity index is 531. The topological polar surface area (TPSA) is 78.8 Å². The maximum absolute atomic E-state index is 6.04. The van der Waals surface area contributed by atoms with Crippen LogP contribution in [-0.4, -0.2) is 33.9 Å². The van der Waals surface area contributed by atoms with Crippen LogP contribution in [0.3, 0.4) is 0 Å². The van der Waals surface area contributed by atoms with E-state index in [4.69, 9.17) is 10.5 Å². The van der Waals surface area contributed by atoms with Crippen molar-refractivity contribution in [3.8, 4) is 11.4 Å². The summed E-state index contributed by atoms with van der Waals surface area (Å²) in [6.45, 7) is 5.46. The van der Waals surface area contributed by atoms with Gasteiger partial charge in [0, 0.05) is 24.9 Å². The minimum absolute atomic E-state index is 0.331. The number of nitrogens with two attached hydrogens (primary N) is 1. The van der Waals surface area contributed by atoms with E-state index < -0.39 is 0 Å². The number of aromatic nitrogens is 4. The predicted molar refractivity (Wildman–Crippen MR) is 73.4 cm³/mol. The zero-order chi connectivity index (χ0) is 13.8. The lowest BCUT2D eigenvalue weighted by molar-refractivity contribution is 0.149. The lowest BCUT2D eigenvalue weighted by Crippen LogP contribution is -2.15. The SMILES string of the molecule is COCC(C)Cn1nnnc1-c1c(C)cccc1N. The molecule has 102 valence electrons. The fraction of sp³-hybridized carbons (Fsp3) is 0.462. The molecule has 1 heterocycles. The second-order valence-electron chi connectivity index (χ2n) is 4.78. The van der Waals surface area contributed by atoms with Crippen LogP contribution in [0.4, 0.5) is 5.69 Å². The summed E-state index contributed by atoms with van der Waals surface area (Å²) in [5, 5.41) is 11.9. The zero-order valence-electron chi connectivity index (χ0n) is 11.5. The lowest BCUT2D eigenvalue weighted by atomic mass is 10.1. The molecule has 6 nitrogen and oxygen atoms in total. The van der Waals surface area contributed by atoms with E-state index in [9.17, 15) is 0 Å². The standard InChI is InChI=1S/C13H19N5O/c1-9(8-19-3)7-18-13(15-16-17-18)12-10(2)5-4-6-11(12)14/h4-6,9H,7-8,14H2,1-3H3. The lowest BCUT2D eigenvalue weighted by Gasteiger charge is -2.13. The van der Waals surface area contributed by atoms with Crippen molar-refractivity contribution < 1.29 is 4.74 Å². The predicted octanol–water partition coefficient (Wildman–Crippen LogP) is 1.51. The van der Waals surface area contributed by atoms with Crippen LogP contribution in [0.25, 0.3) is 11.4 Å². The number of hydrogen-bond acceptors (Lipinski definition) is 5. The number of ether oxygens (including phenoxy) is 1. The molecule has 0 spiro atoms. The molecule has 0 radical (unpaired) electrons. The van der Waals surface area contributed by atoms with Gasteiger partial charge in [-0.1, -0.05) is 19.1 Å². The summed E-state index contributed by atoms with van der Waals surface area (Å²) in [5.74, 6) is 1.04. The Morgan fingerprint density at radius 1 is 1.42 bits per heavy atom. The molecule has 2 rings (SSSR count). The van der Waals surface area contributed by atoms with Gasteiger partial charge in [0.25, 0.3) is 0 Å². The Balaban J connectivity index is 2.34. The van der Waals surface area contributed by atoms with E-state index in [1.54, 1.807) is 11.8 Å². The molecule has 2 N–H and O–H groups in total. The molecule has 0 bridgehead atoms. The monoisotopic (exact) mass is 261 g/mol. The molecular weight excluding hydrogens is 242 g/mol. The number of benzene rings is 1. The number of aryl methyl sites for hydroxylation is 1. The summed E-state index contributed by atoms with van der Waals surface area (Å²) >= 11 is 0. The molecule has 1 aromatic carbocycles. The summed E-state index contributed by atoms with van der Waals surface area (Å²) in [4.78, 5) is 0. The summed E-state index contributed by atoms with van der Waals surface area (Å²) in [5.41, 5.74) is 8.69. The second-order valence-corrected chi connectivity index (χ2v) is 4.78. The Hall–Kier alpha value is -1.95. The van der Waals surface area contributed by atoms with E-state index in [0.717, 1.165) is 11.1 Å². The zero-order valence-corrected chi connectivity index (χ0v) is 11.5. The van der Waals surface area contributed by atoms with Gasteiger partial charge in [-0.2, -0.15) is 0 Å². The average molecular weight is 261 g/mol. The van der Waals surface area contributed by atoms with Crippen molar-refractivity contribution in [2.45, 2.75) is 20.4 Å². The van der Waals surface area contributed by atoms with E-state index >= 15 is 0 Å². The van der Waals surface area contributed by atoms with Gasteiger partial charge in [-0.05, 0) is 34.9 Å². The van der Waals surface area contributed by atoms with Crippen molar-refractivity contribution in [2.24, 2.45) is 5.92 Å². The maximum Gasteiger partial charge on any atom is 0.184 e. The van der Waals surface area contributed by atoms with Gasteiger partial charge in [-0.25, -0.2) is 4.68 Å². The van der Waals surface area contributed by atoms with E-state index in [2.05, 4.69) is 22.4 Å². The summed E-state index contributed by atoms with van der Waals surface area (Å²) in [7, 11) is 1.69. The van der Waals surface area contributed by atoms with Gasteiger partial charge >= 0.3 is 0 Å². The second kappa shape index (κ2) is 5.79. The molecule has 0 amide bonds. The van der Waals surface area contributed by atoms with Crippen LogP contribution in [-0.2, 0) is 11.3 Å². The quantitative estimate of drug-likeness (QED) is 0.825. The van der Waals surface area contributed by atoms with Crippen LogP contribution in [0, 0.1) is 12.8 Å². The average Bonchev–Trinajstić information content (AvgIpc) is 2.77. The largest absolute Gasteiger partial charge is 0.398 e. The van der Waals surface area contributed by atoms with Crippen LogP contribution in [0.15, 0.2) is 18.2 Å². The third-order valence-corrected chi connectivity index (χ3v) is 3.00. The fourth-order valence-electron chi connectivity index (χ4n) is 2.14. The minimum Gasteiger partial charge on any atom is -0.398 e. The molecule has 1 atom stereocenters.